The summed E-state index contributed by atoms with van der Waals surface area (Å²) in [5, 5.41) is 0. The SMILES string of the molecule is CCCC1CCC(C(C)(C=O)C2CCCCC2)CC1. The van der Waals surface area contributed by atoms with Crippen LogP contribution in [0.5, 0.6) is 0 Å². The highest BCUT2D eigenvalue weighted by Gasteiger charge is 2.42. The summed E-state index contributed by atoms with van der Waals surface area (Å²) in [6.45, 7) is 4.57. The van der Waals surface area contributed by atoms with Crippen LogP contribution in [0, 0.1) is 23.2 Å². The molecule has 19 heavy (non-hydrogen) atoms. The Morgan fingerprint density at radius 3 is 2.05 bits per heavy atom. The number of aldehydes is 1. The first-order chi connectivity index (χ1) is 9.20. The zero-order valence-electron chi connectivity index (χ0n) is 13.0. The minimum atomic E-state index is -0.0163. The standard InChI is InChI=1S/C18H32O/c1-3-7-15-10-12-17(13-11-15)18(2,14-19)16-8-5-4-6-9-16/h14-17H,3-13H2,1-2H3. The molecule has 2 saturated carbocycles. The molecule has 2 aliphatic carbocycles. The lowest BCUT2D eigenvalue weighted by molar-refractivity contribution is -0.124. The number of hydrogen-bond acceptors (Lipinski definition) is 1. The van der Waals surface area contributed by atoms with Gasteiger partial charge in [-0.2, -0.15) is 0 Å². The van der Waals surface area contributed by atoms with Gasteiger partial charge in [0.05, 0.1) is 0 Å². The molecule has 0 aromatic carbocycles. The van der Waals surface area contributed by atoms with Crippen molar-refractivity contribution in [3.05, 3.63) is 0 Å². The Morgan fingerprint density at radius 1 is 0.947 bits per heavy atom. The normalized spacial score (nSPS) is 32.7. The molecule has 0 heterocycles. The Kier molecular flexibility index (Phi) is 5.47. The maximum absolute atomic E-state index is 11.8. The monoisotopic (exact) mass is 264 g/mol. The van der Waals surface area contributed by atoms with Gasteiger partial charge in [-0.3, -0.25) is 0 Å². The zero-order chi connectivity index (χ0) is 13.7. The van der Waals surface area contributed by atoms with E-state index in [4.69, 9.17) is 0 Å². The Bertz CT molecular complexity index is 271. The number of rotatable bonds is 5. The maximum atomic E-state index is 11.8. The van der Waals surface area contributed by atoms with Gasteiger partial charge in [0, 0.05) is 5.41 Å². The maximum Gasteiger partial charge on any atom is 0.126 e. The van der Waals surface area contributed by atoms with Crippen molar-refractivity contribution >= 4 is 6.29 Å². The second-order valence-electron chi connectivity index (χ2n) is 7.33. The van der Waals surface area contributed by atoms with E-state index in [2.05, 4.69) is 13.8 Å². The molecule has 2 aliphatic rings. The third-order valence-corrected chi connectivity index (χ3v) is 6.16. The average Bonchev–Trinajstić information content (AvgIpc) is 2.48. The quantitative estimate of drug-likeness (QED) is 0.609. The van der Waals surface area contributed by atoms with E-state index in [1.165, 1.54) is 76.9 Å². The first kappa shape index (κ1) is 15.1. The lowest BCUT2D eigenvalue weighted by atomic mass is 9.59. The summed E-state index contributed by atoms with van der Waals surface area (Å²) in [6, 6.07) is 0. The van der Waals surface area contributed by atoms with E-state index in [-0.39, 0.29) is 5.41 Å². The molecule has 0 amide bonds. The van der Waals surface area contributed by atoms with Crippen LogP contribution in [-0.4, -0.2) is 6.29 Å². The fraction of sp³-hybridized carbons (Fsp3) is 0.944. The van der Waals surface area contributed by atoms with Crippen LogP contribution in [0.25, 0.3) is 0 Å². The predicted molar refractivity (Wildman–Crippen MR) is 81.1 cm³/mol. The minimum absolute atomic E-state index is 0.0163. The summed E-state index contributed by atoms with van der Waals surface area (Å²) in [7, 11) is 0. The fourth-order valence-electron chi connectivity index (χ4n) is 4.73. The van der Waals surface area contributed by atoms with Crippen molar-refractivity contribution < 1.29 is 4.79 Å². The second kappa shape index (κ2) is 6.90. The van der Waals surface area contributed by atoms with Gasteiger partial charge in [0.15, 0.2) is 0 Å². The predicted octanol–water partition coefficient (Wildman–Crippen LogP) is 5.38. The van der Waals surface area contributed by atoms with Crippen LogP contribution in [0.1, 0.15) is 84.5 Å². The highest BCUT2D eigenvalue weighted by molar-refractivity contribution is 5.60. The van der Waals surface area contributed by atoms with Crippen LogP contribution < -0.4 is 0 Å². The van der Waals surface area contributed by atoms with E-state index in [0.29, 0.717) is 11.8 Å². The summed E-state index contributed by atoms with van der Waals surface area (Å²) in [4.78, 5) is 11.8. The molecule has 2 rings (SSSR count). The van der Waals surface area contributed by atoms with Crippen LogP contribution >= 0.6 is 0 Å². The van der Waals surface area contributed by atoms with Crippen molar-refractivity contribution in [2.24, 2.45) is 23.2 Å². The summed E-state index contributed by atoms with van der Waals surface area (Å²) < 4.78 is 0. The molecule has 1 nitrogen and oxygen atoms in total. The van der Waals surface area contributed by atoms with Crippen LogP contribution in [0.4, 0.5) is 0 Å². The van der Waals surface area contributed by atoms with Crippen molar-refractivity contribution in [3.8, 4) is 0 Å². The topological polar surface area (TPSA) is 17.1 Å². The first-order valence-electron chi connectivity index (χ1n) is 8.67. The van der Waals surface area contributed by atoms with E-state index in [1.807, 2.05) is 0 Å². The Morgan fingerprint density at radius 2 is 1.53 bits per heavy atom. The molecule has 1 unspecified atom stereocenters. The van der Waals surface area contributed by atoms with E-state index < -0.39 is 0 Å². The first-order valence-corrected chi connectivity index (χ1v) is 8.67. The smallest absolute Gasteiger partial charge is 0.126 e. The molecule has 0 aromatic heterocycles. The molecule has 0 spiro atoms. The zero-order valence-corrected chi connectivity index (χ0v) is 13.0. The van der Waals surface area contributed by atoms with Gasteiger partial charge in [0.1, 0.15) is 6.29 Å². The van der Waals surface area contributed by atoms with Gasteiger partial charge in [-0.15, -0.1) is 0 Å². The summed E-state index contributed by atoms with van der Waals surface area (Å²) in [5.74, 6) is 2.29. The molecule has 2 fully saturated rings. The van der Waals surface area contributed by atoms with Crippen molar-refractivity contribution in [2.45, 2.75) is 84.5 Å². The molecule has 1 atom stereocenters. The Labute approximate surface area is 119 Å². The van der Waals surface area contributed by atoms with Crippen LogP contribution in [0.3, 0.4) is 0 Å². The van der Waals surface area contributed by atoms with Gasteiger partial charge in [0.25, 0.3) is 0 Å². The molecule has 0 aromatic rings. The summed E-state index contributed by atoms with van der Waals surface area (Å²) in [6.07, 6.45) is 16.1. The molecular formula is C18H32O. The van der Waals surface area contributed by atoms with Crippen molar-refractivity contribution in [1.82, 2.24) is 0 Å². The van der Waals surface area contributed by atoms with Crippen molar-refractivity contribution in [2.75, 3.05) is 0 Å². The Balaban J connectivity index is 1.95. The summed E-state index contributed by atoms with van der Waals surface area (Å²) >= 11 is 0. The number of carbonyl (C=O) groups is 1. The van der Waals surface area contributed by atoms with Gasteiger partial charge < -0.3 is 4.79 Å². The number of hydrogen-bond donors (Lipinski definition) is 0. The van der Waals surface area contributed by atoms with Gasteiger partial charge >= 0.3 is 0 Å². The minimum Gasteiger partial charge on any atom is -0.303 e. The molecule has 110 valence electrons. The second-order valence-corrected chi connectivity index (χ2v) is 7.33. The van der Waals surface area contributed by atoms with E-state index in [1.54, 1.807) is 0 Å². The molecule has 0 N–H and O–H groups in total. The van der Waals surface area contributed by atoms with Crippen LogP contribution in [-0.2, 0) is 4.79 Å². The molecular weight excluding hydrogens is 232 g/mol. The molecule has 0 saturated heterocycles. The highest BCUT2D eigenvalue weighted by atomic mass is 16.1. The van der Waals surface area contributed by atoms with Crippen LogP contribution in [0.2, 0.25) is 0 Å². The Hall–Kier alpha value is -0.330. The number of carbonyl (C=O) groups excluding carboxylic acids is 1. The third-order valence-electron chi connectivity index (χ3n) is 6.16. The third kappa shape index (κ3) is 3.41. The molecule has 0 radical (unpaired) electrons. The molecule has 0 aliphatic heterocycles. The largest absolute Gasteiger partial charge is 0.303 e. The van der Waals surface area contributed by atoms with Crippen molar-refractivity contribution in [3.63, 3.8) is 0 Å². The van der Waals surface area contributed by atoms with Gasteiger partial charge in [-0.1, -0.05) is 58.8 Å². The van der Waals surface area contributed by atoms with Gasteiger partial charge in [-0.25, -0.2) is 0 Å². The highest BCUT2D eigenvalue weighted by Crippen LogP contribution is 2.48. The van der Waals surface area contributed by atoms with Crippen molar-refractivity contribution in [1.29, 1.82) is 0 Å². The lowest BCUT2D eigenvalue weighted by Gasteiger charge is -2.44. The molecule has 0 bridgehead atoms. The summed E-state index contributed by atoms with van der Waals surface area (Å²) in [5.41, 5.74) is -0.0163. The van der Waals surface area contributed by atoms with Crippen LogP contribution in [0.15, 0.2) is 0 Å². The fourth-order valence-corrected chi connectivity index (χ4v) is 4.73. The van der Waals surface area contributed by atoms with Gasteiger partial charge in [0.2, 0.25) is 0 Å². The van der Waals surface area contributed by atoms with E-state index in [0.717, 1.165) is 5.92 Å². The van der Waals surface area contributed by atoms with E-state index >= 15 is 0 Å². The van der Waals surface area contributed by atoms with Gasteiger partial charge in [-0.05, 0) is 43.4 Å². The lowest BCUT2D eigenvalue weighted by Crippen LogP contribution is -2.40. The van der Waals surface area contributed by atoms with E-state index in [9.17, 15) is 4.79 Å². The average molecular weight is 264 g/mol. The molecule has 1 heteroatoms.